The van der Waals surface area contributed by atoms with Crippen LogP contribution in [0.25, 0.3) is 12.2 Å². The highest BCUT2D eigenvalue weighted by atomic mass is 16.5. The van der Waals surface area contributed by atoms with Crippen LogP contribution in [-0.2, 0) is 6.42 Å². The second-order valence-electron chi connectivity index (χ2n) is 4.67. The quantitative estimate of drug-likeness (QED) is 0.775. The predicted molar refractivity (Wildman–Crippen MR) is 89.1 cm³/mol. The van der Waals surface area contributed by atoms with Gasteiger partial charge in [0.15, 0.2) is 0 Å². The van der Waals surface area contributed by atoms with E-state index in [9.17, 15) is 0 Å². The molecular formula is C18H22N2O2. The lowest BCUT2D eigenvalue weighted by molar-refractivity contribution is 0.288. The van der Waals surface area contributed by atoms with Gasteiger partial charge in [-0.2, -0.15) is 9.97 Å². The summed E-state index contributed by atoms with van der Waals surface area (Å²) in [6.07, 6.45) is 5.02. The maximum Gasteiger partial charge on any atom is 0.320 e. The van der Waals surface area contributed by atoms with Gasteiger partial charge >= 0.3 is 6.01 Å². The zero-order valence-corrected chi connectivity index (χ0v) is 13.4. The molecule has 0 amide bonds. The Labute approximate surface area is 131 Å². The molecule has 4 heteroatoms. The third-order valence-electron chi connectivity index (χ3n) is 3.14. The Balaban J connectivity index is 2.29. The number of nitrogens with zero attached hydrogens (tertiary/aromatic N) is 2. The topological polar surface area (TPSA) is 44.2 Å². The molecule has 0 radical (unpaired) electrons. The Hall–Kier alpha value is -2.36. The van der Waals surface area contributed by atoms with Gasteiger partial charge in [0.2, 0.25) is 5.88 Å². The Morgan fingerprint density at radius 3 is 2.45 bits per heavy atom. The van der Waals surface area contributed by atoms with E-state index in [1.54, 1.807) is 0 Å². The summed E-state index contributed by atoms with van der Waals surface area (Å²) in [6.45, 7) is 7.07. The van der Waals surface area contributed by atoms with Crippen LogP contribution in [-0.4, -0.2) is 23.2 Å². The minimum Gasteiger partial charge on any atom is -0.478 e. The summed E-state index contributed by atoms with van der Waals surface area (Å²) in [5.74, 6) is 0.532. The van der Waals surface area contributed by atoms with Crippen molar-refractivity contribution in [3.05, 3.63) is 47.2 Å². The summed E-state index contributed by atoms with van der Waals surface area (Å²) < 4.78 is 10.9. The van der Waals surface area contributed by atoms with E-state index in [0.717, 1.165) is 12.1 Å². The lowest BCUT2D eigenvalue weighted by Gasteiger charge is -2.07. The van der Waals surface area contributed by atoms with E-state index in [2.05, 4.69) is 41.2 Å². The molecule has 0 unspecified atom stereocenters. The molecule has 0 fully saturated rings. The van der Waals surface area contributed by atoms with Gasteiger partial charge in [0, 0.05) is 6.07 Å². The molecule has 2 rings (SSSR count). The highest BCUT2D eigenvalue weighted by molar-refractivity contribution is 5.70. The number of aryl methyl sites for hydroxylation is 1. The van der Waals surface area contributed by atoms with Crippen LogP contribution in [0.5, 0.6) is 11.9 Å². The third-order valence-corrected chi connectivity index (χ3v) is 3.14. The minimum atomic E-state index is 0.344. The molecule has 116 valence electrons. The van der Waals surface area contributed by atoms with Crippen LogP contribution >= 0.6 is 0 Å². The number of hydrogen-bond donors (Lipinski definition) is 0. The average Bonchev–Trinajstić information content (AvgIpc) is 2.54. The highest BCUT2D eigenvalue weighted by Crippen LogP contribution is 2.18. The first-order valence-electron chi connectivity index (χ1n) is 7.67. The van der Waals surface area contributed by atoms with Gasteiger partial charge in [0.1, 0.15) is 0 Å². The molecule has 0 atom stereocenters. The van der Waals surface area contributed by atoms with Gasteiger partial charge in [-0.25, -0.2) is 0 Å². The normalized spacial score (nSPS) is 10.9. The van der Waals surface area contributed by atoms with Crippen LogP contribution in [0.3, 0.4) is 0 Å². The molecule has 0 bridgehead atoms. The largest absolute Gasteiger partial charge is 0.478 e. The van der Waals surface area contributed by atoms with Crippen molar-refractivity contribution in [3.8, 4) is 11.9 Å². The fraction of sp³-hybridized carbons (Fsp3) is 0.333. The molecule has 0 aliphatic heterocycles. The Morgan fingerprint density at radius 1 is 0.955 bits per heavy atom. The standard InChI is InChI=1S/C18H22N2O2/c1-4-14-9-7-8-10-15(14)11-12-16-13-17(21-5-2)20-18(19-16)22-6-3/h7-13H,4-6H2,1-3H3. The molecule has 0 aliphatic rings. The van der Waals surface area contributed by atoms with Crippen molar-refractivity contribution < 1.29 is 9.47 Å². The molecule has 0 N–H and O–H groups in total. The summed E-state index contributed by atoms with van der Waals surface area (Å²) in [5, 5.41) is 0. The monoisotopic (exact) mass is 298 g/mol. The van der Waals surface area contributed by atoms with Crippen LogP contribution in [0, 0.1) is 0 Å². The summed E-state index contributed by atoms with van der Waals surface area (Å²) in [5.41, 5.74) is 3.27. The molecule has 2 aromatic rings. The van der Waals surface area contributed by atoms with Gasteiger partial charge < -0.3 is 9.47 Å². The van der Waals surface area contributed by atoms with Crippen LogP contribution in [0.4, 0.5) is 0 Å². The summed E-state index contributed by atoms with van der Waals surface area (Å²) >= 11 is 0. The van der Waals surface area contributed by atoms with E-state index in [1.165, 1.54) is 11.1 Å². The van der Waals surface area contributed by atoms with Crippen molar-refractivity contribution in [1.82, 2.24) is 9.97 Å². The maximum atomic E-state index is 5.47. The van der Waals surface area contributed by atoms with Gasteiger partial charge in [-0.1, -0.05) is 37.3 Å². The first kappa shape index (κ1) is 16.0. The van der Waals surface area contributed by atoms with E-state index in [4.69, 9.17) is 9.47 Å². The SMILES string of the molecule is CCOc1cc(C=Cc2ccccc2CC)nc(OCC)n1. The first-order chi connectivity index (χ1) is 10.8. The molecule has 0 aliphatic carbocycles. The Bertz CT molecular complexity index is 614. The molecule has 1 aromatic carbocycles. The maximum absolute atomic E-state index is 5.47. The molecule has 22 heavy (non-hydrogen) atoms. The van der Waals surface area contributed by atoms with E-state index in [0.29, 0.717) is 25.1 Å². The molecule has 1 aromatic heterocycles. The number of benzene rings is 1. The predicted octanol–water partition coefficient (Wildman–Crippen LogP) is 4.01. The second-order valence-corrected chi connectivity index (χ2v) is 4.67. The van der Waals surface area contributed by atoms with Crippen molar-refractivity contribution in [2.75, 3.05) is 13.2 Å². The smallest absolute Gasteiger partial charge is 0.320 e. The highest BCUT2D eigenvalue weighted by Gasteiger charge is 2.04. The lowest BCUT2D eigenvalue weighted by atomic mass is 10.0. The van der Waals surface area contributed by atoms with Crippen LogP contribution in [0.1, 0.15) is 37.6 Å². The Kier molecular flexibility index (Phi) is 5.95. The summed E-state index contributed by atoms with van der Waals surface area (Å²) in [7, 11) is 0. The molecule has 0 saturated heterocycles. The van der Waals surface area contributed by atoms with Gasteiger partial charge in [0.25, 0.3) is 0 Å². The Morgan fingerprint density at radius 2 is 1.73 bits per heavy atom. The van der Waals surface area contributed by atoms with Crippen molar-refractivity contribution in [3.63, 3.8) is 0 Å². The van der Waals surface area contributed by atoms with Gasteiger partial charge in [-0.3, -0.25) is 0 Å². The lowest BCUT2D eigenvalue weighted by Crippen LogP contribution is -2.02. The average molecular weight is 298 g/mol. The van der Waals surface area contributed by atoms with Crippen molar-refractivity contribution in [2.24, 2.45) is 0 Å². The molecular weight excluding hydrogens is 276 g/mol. The number of hydrogen-bond acceptors (Lipinski definition) is 4. The zero-order chi connectivity index (χ0) is 15.8. The van der Waals surface area contributed by atoms with Crippen molar-refractivity contribution in [1.29, 1.82) is 0 Å². The summed E-state index contributed by atoms with van der Waals surface area (Å²) in [4.78, 5) is 8.59. The van der Waals surface area contributed by atoms with E-state index < -0.39 is 0 Å². The van der Waals surface area contributed by atoms with Crippen LogP contribution in [0.2, 0.25) is 0 Å². The number of aromatic nitrogens is 2. The molecule has 0 saturated carbocycles. The summed E-state index contributed by atoms with van der Waals surface area (Å²) in [6, 6.07) is 10.5. The first-order valence-corrected chi connectivity index (χ1v) is 7.67. The number of rotatable bonds is 7. The van der Waals surface area contributed by atoms with Gasteiger partial charge in [-0.05, 0) is 37.5 Å². The molecule has 0 spiro atoms. The van der Waals surface area contributed by atoms with Crippen molar-refractivity contribution in [2.45, 2.75) is 27.2 Å². The van der Waals surface area contributed by atoms with Crippen LogP contribution < -0.4 is 9.47 Å². The minimum absolute atomic E-state index is 0.344. The van der Waals surface area contributed by atoms with Gasteiger partial charge in [-0.15, -0.1) is 0 Å². The van der Waals surface area contributed by atoms with Crippen molar-refractivity contribution >= 4 is 12.2 Å². The third kappa shape index (κ3) is 4.32. The second kappa shape index (κ2) is 8.17. The zero-order valence-electron chi connectivity index (χ0n) is 13.4. The number of ether oxygens (including phenoxy) is 2. The fourth-order valence-electron chi connectivity index (χ4n) is 2.12. The fourth-order valence-corrected chi connectivity index (χ4v) is 2.12. The van der Waals surface area contributed by atoms with E-state index >= 15 is 0 Å². The molecule has 1 heterocycles. The van der Waals surface area contributed by atoms with Gasteiger partial charge in [0.05, 0.1) is 18.9 Å². The van der Waals surface area contributed by atoms with E-state index in [1.807, 2.05) is 32.1 Å². The van der Waals surface area contributed by atoms with E-state index in [-0.39, 0.29) is 0 Å². The van der Waals surface area contributed by atoms with Crippen LogP contribution in [0.15, 0.2) is 30.3 Å². The molecule has 4 nitrogen and oxygen atoms in total.